The van der Waals surface area contributed by atoms with E-state index in [0.717, 1.165) is 5.39 Å². The number of hydrogen-bond donors (Lipinski definition) is 0. The Hall–Kier alpha value is -3.32. The third-order valence-corrected chi connectivity index (χ3v) is 3.34. The number of non-ortho nitro benzene ring substituents is 1. The van der Waals surface area contributed by atoms with Crippen LogP contribution in [0.4, 0.5) is 11.4 Å². The van der Waals surface area contributed by atoms with E-state index in [9.17, 15) is 20.1 Å². The number of carbonyl (C=O) groups excluding carboxylic acids is 1. The molecule has 0 unspecified atom stereocenters. The van der Waals surface area contributed by atoms with Crippen LogP contribution in [0.1, 0.15) is 10.4 Å². The van der Waals surface area contributed by atoms with E-state index in [1.807, 2.05) is 0 Å². The Kier molecular flexibility index (Phi) is 3.70. The van der Waals surface area contributed by atoms with Crippen LogP contribution in [0.15, 0.2) is 60.8 Å². The number of pyridine rings is 1. The topological polar surface area (TPSA) is 99.4 Å². The second-order valence-corrected chi connectivity index (χ2v) is 4.76. The third-order valence-electron chi connectivity index (χ3n) is 3.34. The van der Waals surface area contributed by atoms with Gasteiger partial charge >= 0.3 is 0 Å². The highest BCUT2D eigenvalue weighted by Gasteiger charge is 2.14. The lowest BCUT2D eigenvalue weighted by molar-refractivity contribution is -0.384. The fourth-order valence-corrected chi connectivity index (χ4v) is 2.20. The largest absolute Gasteiger partial charge is 0.751 e. The summed E-state index contributed by atoms with van der Waals surface area (Å²) in [5, 5.41) is 24.0. The number of rotatable bonds is 3. The molecule has 3 aromatic rings. The van der Waals surface area contributed by atoms with Crippen molar-refractivity contribution in [3.8, 4) is 0 Å². The summed E-state index contributed by atoms with van der Waals surface area (Å²) in [4.78, 5) is 26.5. The quantitative estimate of drug-likeness (QED) is 0.546. The summed E-state index contributed by atoms with van der Waals surface area (Å²) in [6.45, 7) is 0. The zero-order chi connectivity index (χ0) is 16.4. The van der Waals surface area contributed by atoms with Crippen molar-refractivity contribution < 1.29 is 9.72 Å². The molecule has 0 N–H and O–H groups in total. The minimum absolute atomic E-state index is 0.0681. The Morgan fingerprint density at radius 2 is 1.74 bits per heavy atom. The minimum atomic E-state index is -0.807. The van der Waals surface area contributed by atoms with Crippen molar-refractivity contribution in [3.63, 3.8) is 0 Å². The lowest BCUT2D eigenvalue weighted by atomic mass is 10.1. The molecular weight excluding hydrogens is 298 g/mol. The van der Waals surface area contributed by atoms with Crippen LogP contribution in [0.3, 0.4) is 0 Å². The summed E-state index contributed by atoms with van der Waals surface area (Å²) in [6.07, 6.45) is 1.54. The predicted molar refractivity (Wildman–Crippen MR) is 85.0 cm³/mol. The lowest BCUT2D eigenvalue weighted by Crippen LogP contribution is -2.24. The average molecular weight is 308 g/mol. The zero-order valence-electron chi connectivity index (χ0n) is 11.7. The Balaban J connectivity index is 1.96. The molecule has 1 aromatic heterocycles. The first-order valence-corrected chi connectivity index (χ1v) is 6.68. The number of hydroxylamine groups is 1. The molecule has 2 aromatic carbocycles. The van der Waals surface area contributed by atoms with Crippen LogP contribution in [0.25, 0.3) is 10.9 Å². The molecule has 0 aliphatic heterocycles. The number of nitro benzene ring substituents is 1. The number of hydrogen-bond acceptors (Lipinski definition) is 5. The highest BCUT2D eigenvalue weighted by molar-refractivity contribution is 6.10. The summed E-state index contributed by atoms with van der Waals surface area (Å²) in [7, 11) is 0. The van der Waals surface area contributed by atoms with Gasteiger partial charge in [0.25, 0.3) is 5.69 Å². The number of nitrogens with zero attached hydrogens (tertiary/aromatic N) is 3. The van der Waals surface area contributed by atoms with Crippen molar-refractivity contribution in [2.45, 2.75) is 0 Å². The van der Waals surface area contributed by atoms with Gasteiger partial charge in [0.2, 0.25) is 5.91 Å². The summed E-state index contributed by atoms with van der Waals surface area (Å²) >= 11 is 0. The highest BCUT2D eigenvalue weighted by Crippen LogP contribution is 2.25. The molecular formula is C16H10N3O4-. The van der Waals surface area contributed by atoms with Crippen LogP contribution in [-0.4, -0.2) is 15.8 Å². The first-order valence-electron chi connectivity index (χ1n) is 6.68. The summed E-state index contributed by atoms with van der Waals surface area (Å²) < 4.78 is 0. The molecule has 114 valence electrons. The number of carbonyl (C=O) groups is 1. The molecule has 0 radical (unpaired) electrons. The van der Waals surface area contributed by atoms with Gasteiger partial charge in [-0.1, -0.05) is 18.2 Å². The predicted octanol–water partition coefficient (Wildman–Crippen LogP) is 3.29. The van der Waals surface area contributed by atoms with E-state index in [-0.39, 0.29) is 22.0 Å². The number of anilines is 1. The molecule has 0 saturated heterocycles. The molecule has 0 aliphatic carbocycles. The van der Waals surface area contributed by atoms with Gasteiger partial charge in [-0.25, -0.2) is 0 Å². The number of benzene rings is 2. The fraction of sp³-hybridized carbons (Fsp3) is 0. The zero-order valence-corrected chi connectivity index (χ0v) is 11.7. The molecule has 0 fully saturated rings. The Morgan fingerprint density at radius 1 is 1.04 bits per heavy atom. The smallest absolute Gasteiger partial charge is 0.269 e. The van der Waals surface area contributed by atoms with Gasteiger partial charge in [-0.15, -0.1) is 0 Å². The summed E-state index contributed by atoms with van der Waals surface area (Å²) in [6, 6.07) is 13.4. The average Bonchev–Trinajstić information content (AvgIpc) is 2.60. The molecule has 23 heavy (non-hydrogen) atoms. The van der Waals surface area contributed by atoms with Gasteiger partial charge in [0.1, 0.15) is 0 Å². The number of aromatic nitrogens is 1. The van der Waals surface area contributed by atoms with Gasteiger partial charge in [-0.3, -0.25) is 19.9 Å². The van der Waals surface area contributed by atoms with Crippen molar-refractivity contribution in [3.05, 3.63) is 81.7 Å². The Morgan fingerprint density at radius 3 is 2.43 bits per heavy atom. The minimum Gasteiger partial charge on any atom is -0.751 e. The Bertz CT molecular complexity index is 888. The molecule has 3 rings (SSSR count). The van der Waals surface area contributed by atoms with Crippen molar-refractivity contribution >= 4 is 28.2 Å². The molecule has 0 atom stereocenters. The number of amides is 1. The van der Waals surface area contributed by atoms with Gasteiger partial charge in [0.05, 0.1) is 16.1 Å². The van der Waals surface area contributed by atoms with Crippen molar-refractivity contribution in [1.29, 1.82) is 0 Å². The number of para-hydroxylation sites is 1. The second kappa shape index (κ2) is 5.82. The van der Waals surface area contributed by atoms with E-state index in [0.29, 0.717) is 5.52 Å². The van der Waals surface area contributed by atoms with Gasteiger partial charge < -0.3 is 10.3 Å². The van der Waals surface area contributed by atoms with Crippen molar-refractivity contribution in [2.75, 3.05) is 5.06 Å². The molecule has 0 aliphatic rings. The van der Waals surface area contributed by atoms with Crippen LogP contribution >= 0.6 is 0 Å². The van der Waals surface area contributed by atoms with Crippen molar-refractivity contribution in [1.82, 2.24) is 4.98 Å². The van der Waals surface area contributed by atoms with E-state index >= 15 is 0 Å². The third kappa shape index (κ3) is 2.72. The molecule has 7 heteroatoms. The van der Waals surface area contributed by atoms with Crippen LogP contribution in [-0.2, 0) is 0 Å². The summed E-state index contributed by atoms with van der Waals surface area (Å²) in [5.41, 5.74) is 0.469. The molecule has 0 spiro atoms. The highest BCUT2D eigenvalue weighted by atomic mass is 16.6. The molecule has 0 saturated carbocycles. The van der Waals surface area contributed by atoms with E-state index in [1.165, 1.54) is 36.5 Å². The fourth-order valence-electron chi connectivity index (χ4n) is 2.20. The maximum Gasteiger partial charge on any atom is 0.269 e. The second-order valence-electron chi connectivity index (χ2n) is 4.76. The number of fused-ring (bicyclic) bond motifs is 1. The SMILES string of the molecule is O=C(c1ccc([N+](=O)[O-])cc1)N([O-])c1cccc2cccnc12. The monoisotopic (exact) mass is 308 g/mol. The first kappa shape index (κ1) is 14.6. The molecule has 0 bridgehead atoms. The van der Waals surface area contributed by atoms with E-state index < -0.39 is 10.8 Å². The van der Waals surface area contributed by atoms with Crippen LogP contribution < -0.4 is 5.06 Å². The Labute approximate surface area is 130 Å². The van der Waals surface area contributed by atoms with E-state index in [4.69, 9.17) is 0 Å². The van der Waals surface area contributed by atoms with Crippen LogP contribution in [0, 0.1) is 15.3 Å². The maximum absolute atomic E-state index is 12.4. The van der Waals surface area contributed by atoms with Crippen LogP contribution in [0.2, 0.25) is 0 Å². The van der Waals surface area contributed by atoms with Crippen molar-refractivity contribution in [2.24, 2.45) is 0 Å². The maximum atomic E-state index is 12.4. The van der Waals surface area contributed by atoms with Gasteiger partial charge in [0.15, 0.2) is 0 Å². The molecule has 1 amide bonds. The first-order chi connectivity index (χ1) is 11.1. The molecule has 7 nitrogen and oxygen atoms in total. The van der Waals surface area contributed by atoms with Crippen LogP contribution in [0.5, 0.6) is 0 Å². The van der Waals surface area contributed by atoms with Gasteiger partial charge in [-0.2, -0.15) is 0 Å². The van der Waals surface area contributed by atoms with E-state index in [1.54, 1.807) is 24.3 Å². The van der Waals surface area contributed by atoms with Gasteiger partial charge in [-0.05, 0) is 24.3 Å². The van der Waals surface area contributed by atoms with Gasteiger partial charge in [0, 0.05) is 29.3 Å². The standard InChI is InChI=1S/C16H10N3O4/c20-16(12-6-8-13(9-7-12)19(22)23)18(21)14-5-1-3-11-4-2-10-17-15(11)14/h1-10H/q-1. The number of nitro groups is 1. The van der Waals surface area contributed by atoms with E-state index in [2.05, 4.69) is 4.98 Å². The normalized spacial score (nSPS) is 10.5. The summed E-state index contributed by atoms with van der Waals surface area (Å²) in [5.74, 6) is -0.807. The lowest BCUT2D eigenvalue weighted by Gasteiger charge is -2.29. The molecule has 1 heterocycles.